The second-order valence-corrected chi connectivity index (χ2v) is 5.70. The lowest BCUT2D eigenvalue weighted by molar-refractivity contribution is 0.0146. The van der Waals surface area contributed by atoms with E-state index in [1.54, 1.807) is 21.7 Å². The second-order valence-electron chi connectivity index (χ2n) is 5.70. The van der Waals surface area contributed by atoms with E-state index in [-0.39, 0.29) is 12.0 Å². The quantitative estimate of drug-likeness (QED) is 0.689. The summed E-state index contributed by atoms with van der Waals surface area (Å²) in [4.78, 5) is 30.5. The van der Waals surface area contributed by atoms with Gasteiger partial charge >= 0.3 is 0 Å². The molecular weight excluding hydrogens is 310 g/mol. The van der Waals surface area contributed by atoms with Gasteiger partial charge in [-0.2, -0.15) is 14.6 Å². The van der Waals surface area contributed by atoms with Crippen LogP contribution >= 0.6 is 0 Å². The molecule has 0 radical (unpaired) electrons. The van der Waals surface area contributed by atoms with Gasteiger partial charge in [-0.05, 0) is 13.8 Å². The van der Waals surface area contributed by atoms with Crippen molar-refractivity contribution in [2.24, 2.45) is 0 Å². The molecule has 3 aromatic heterocycles. The molecule has 1 fully saturated rings. The van der Waals surface area contributed by atoms with Crippen LogP contribution < -0.4 is 4.74 Å². The predicted octanol–water partition coefficient (Wildman–Crippen LogP) is 0.435. The monoisotopic (exact) mass is 325 g/mol. The number of hydrogen-bond donors (Lipinski definition) is 0. The van der Waals surface area contributed by atoms with Gasteiger partial charge in [0.25, 0.3) is 11.7 Å². The first-order valence-corrected chi connectivity index (χ1v) is 7.52. The Hall–Kier alpha value is -3.10. The average molecular weight is 325 g/mol. The maximum absolute atomic E-state index is 12.3. The van der Waals surface area contributed by atoms with E-state index >= 15 is 0 Å². The van der Waals surface area contributed by atoms with E-state index in [0.29, 0.717) is 30.4 Å². The predicted molar refractivity (Wildman–Crippen MR) is 82.6 cm³/mol. The third kappa shape index (κ3) is 2.53. The van der Waals surface area contributed by atoms with Gasteiger partial charge < -0.3 is 9.64 Å². The standard InChI is InChI=1S/C15H15N7O2/c1-9-3-13(22-15(20-9)18-8-19-22)24-11-6-21(7-11)14(23)12-5-16-10(2)4-17-12/h3-5,8,11H,6-7H2,1-2H3. The molecular formula is C15H15N7O2. The smallest absolute Gasteiger partial charge is 0.274 e. The van der Waals surface area contributed by atoms with Crippen molar-refractivity contribution in [1.29, 1.82) is 0 Å². The van der Waals surface area contributed by atoms with E-state index in [0.717, 1.165) is 11.4 Å². The zero-order valence-corrected chi connectivity index (χ0v) is 13.2. The number of carbonyl (C=O) groups is 1. The molecule has 4 rings (SSSR count). The number of ether oxygens (including phenoxy) is 1. The third-order valence-corrected chi connectivity index (χ3v) is 3.77. The van der Waals surface area contributed by atoms with Crippen LogP contribution in [-0.4, -0.2) is 59.6 Å². The van der Waals surface area contributed by atoms with Crippen LogP contribution in [-0.2, 0) is 0 Å². The lowest BCUT2D eigenvalue weighted by Gasteiger charge is -2.38. The minimum Gasteiger partial charge on any atom is -0.470 e. The van der Waals surface area contributed by atoms with Crippen molar-refractivity contribution in [2.75, 3.05) is 13.1 Å². The van der Waals surface area contributed by atoms with Crippen molar-refractivity contribution in [2.45, 2.75) is 20.0 Å². The molecule has 0 aliphatic carbocycles. The molecule has 1 aliphatic heterocycles. The minimum atomic E-state index is -0.140. The molecule has 1 amide bonds. The highest BCUT2D eigenvalue weighted by Crippen LogP contribution is 2.20. The van der Waals surface area contributed by atoms with Gasteiger partial charge in [0.2, 0.25) is 5.88 Å². The number of carbonyl (C=O) groups excluding carboxylic acids is 1. The zero-order chi connectivity index (χ0) is 16.7. The second kappa shape index (κ2) is 5.52. The van der Waals surface area contributed by atoms with Crippen molar-refractivity contribution in [3.05, 3.63) is 41.9 Å². The van der Waals surface area contributed by atoms with Crippen LogP contribution in [0, 0.1) is 13.8 Å². The van der Waals surface area contributed by atoms with E-state index in [2.05, 4.69) is 25.0 Å². The van der Waals surface area contributed by atoms with Crippen LogP contribution in [0.5, 0.6) is 5.88 Å². The molecule has 0 atom stereocenters. The Morgan fingerprint density at radius 1 is 1.17 bits per heavy atom. The molecule has 0 unspecified atom stereocenters. The number of nitrogens with zero attached hydrogens (tertiary/aromatic N) is 7. The lowest BCUT2D eigenvalue weighted by Crippen LogP contribution is -2.56. The lowest BCUT2D eigenvalue weighted by atomic mass is 10.1. The van der Waals surface area contributed by atoms with Crippen molar-refractivity contribution in [1.82, 2.24) is 34.4 Å². The molecule has 1 aliphatic rings. The summed E-state index contributed by atoms with van der Waals surface area (Å²) in [6, 6.07) is 1.80. The van der Waals surface area contributed by atoms with Gasteiger partial charge in [0.15, 0.2) is 0 Å². The average Bonchev–Trinajstić information content (AvgIpc) is 2.98. The minimum absolute atomic E-state index is 0.0958. The van der Waals surface area contributed by atoms with Crippen LogP contribution in [0.1, 0.15) is 21.9 Å². The fraction of sp³-hybridized carbons (Fsp3) is 0.333. The topological polar surface area (TPSA) is 98.4 Å². The van der Waals surface area contributed by atoms with Crippen LogP contribution in [0.2, 0.25) is 0 Å². The van der Waals surface area contributed by atoms with Crippen molar-refractivity contribution in [3.63, 3.8) is 0 Å². The van der Waals surface area contributed by atoms with E-state index in [1.807, 2.05) is 13.8 Å². The van der Waals surface area contributed by atoms with Crippen molar-refractivity contribution in [3.8, 4) is 5.88 Å². The summed E-state index contributed by atoms with van der Waals surface area (Å²) in [7, 11) is 0. The van der Waals surface area contributed by atoms with E-state index in [9.17, 15) is 4.79 Å². The number of likely N-dealkylation sites (tertiary alicyclic amines) is 1. The maximum Gasteiger partial charge on any atom is 0.274 e. The number of aromatic nitrogens is 6. The Bertz CT molecular complexity index is 900. The Kier molecular flexibility index (Phi) is 3.33. The fourth-order valence-corrected chi connectivity index (χ4v) is 2.50. The van der Waals surface area contributed by atoms with Gasteiger partial charge in [0.1, 0.15) is 18.1 Å². The van der Waals surface area contributed by atoms with Gasteiger partial charge in [-0.1, -0.05) is 0 Å². The summed E-state index contributed by atoms with van der Waals surface area (Å²) < 4.78 is 7.47. The highest BCUT2D eigenvalue weighted by molar-refractivity contribution is 5.92. The van der Waals surface area contributed by atoms with Crippen molar-refractivity contribution >= 4 is 11.7 Å². The molecule has 0 bridgehead atoms. The van der Waals surface area contributed by atoms with Crippen LogP contribution in [0.15, 0.2) is 24.8 Å². The third-order valence-electron chi connectivity index (χ3n) is 3.77. The maximum atomic E-state index is 12.3. The molecule has 4 heterocycles. The summed E-state index contributed by atoms with van der Waals surface area (Å²) in [6.45, 7) is 4.68. The molecule has 1 saturated heterocycles. The Morgan fingerprint density at radius 3 is 2.75 bits per heavy atom. The largest absolute Gasteiger partial charge is 0.470 e. The summed E-state index contributed by atoms with van der Waals surface area (Å²) >= 11 is 0. The fourth-order valence-electron chi connectivity index (χ4n) is 2.50. The number of hydrogen-bond acceptors (Lipinski definition) is 7. The molecule has 9 heteroatoms. The SMILES string of the molecule is Cc1cnc(C(=O)N2CC(Oc3cc(C)nc4ncnn34)C2)cn1. The van der Waals surface area contributed by atoms with Gasteiger partial charge in [-0.3, -0.25) is 9.78 Å². The molecule has 0 aromatic carbocycles. The molecule has 0 spiro atoms. The summed E-state index contributed by atoms with van der Waals surface area (Å²) in [5.41, 5.74) is 1.92. The first-order valence-electron chi connectivity index (χ1n) is 7.52. The summed E-state index contributed by atoms with van der Waals surface area (Å²) in [6.07, 6.45) is 4.42. The Morgan fingerprint density at radius 2 is 2.00 bits per heavy atom. The molecule has 0 saturated carbocycles. The number of amides is 1. The Balaban J connectivity index is 1.43. The summed E-state index contributed by atoms with van der Waals surface area (Å²) in [5, 5.41) is 4.10. The molecule has 9 nitrogen and oxygen atoms in total. The van der Waals surface area contributed by atoms with E-state index < -0.39 is 0 Å². The highest BCUT2D eigenvalue weighted by atomic mass is 16.5. The highest BCUT2D eigenvalue weighted by Gasteiger charge is 2.34. The van der Waals surface area contributed by atoms with E-state index in [4.69, 9.17) is 4.74 Å². The summed E-state index contributed by atoms with van der Waals surface area (Å²) in [5.74, 6) is 0.925. The number of rotatable bonds is 3. The number of aryl methyl sites for hydroxylation is 2. The first kappa shape index (κ1) is 14.5. The van der Waals surface area contributed by atoms with Gasteiger partial charge in [0, 0.05) is 18.0 Å². The first-order chi connectivity index (χ1) is 11.6. The van der Waals surface area contributed by atoms with Crippen LogP contribution in [0.3, 0.4) is 0 Å². The molecule has 0 N–H and O–H groups in total. The molecule has 3 aromatic rings. The van der Waals surface area contributed by atoms with Crippen LogP contribution in [0.25, 0.3) is 5.78 Å². The Labute approximate surface area is 137 Å². The molecule has 122 valence electrons. The van der Waals surface area contributed by atoms with Gasteiger partial charge in [-0.25, -0.2) is 9.97 Å². The van der Waals surface area contributed by atoms with E-state index in [1.165, 1.54) is 12.5 Å². The number of fused-ring (bicyclic) bond motifs is 1. The normalized spacial score (nSPS) is 14.7. The van der Waals surface area contributed by atoms with Crippen LogP contribution in [0.4, 0.5) is 0 Å². The van der Waals surface area contributed by atoms with Gasteiger partial charge in [-0.15, -0.1) is 0 Å². The zero-order valence-electron chi connectivity index (χ0n) is 13.2. The van der Waals surface area contributed by atoms with Gasteiger partial charge in [0.05, 0.1) is 25.0 Å². The molecule has 24 heavy (non-hydrogen) atoms. The van der Waals surface area contributed by atoms with Crippen molar-refractivity contribution < 1.29 is 9.53 Å².